The van der Waals surface area contributed by atoms with Gasteiger partial charge < -0.3 is 9.47 Å². The number of halogens is 1. The van der Waals surface area contributed by atoms with Crippen LogP contribution in [0.4, 0.5) is 5.69 Å². The largest absolute Gasteiger partial charge is 0.490 e. The van der Waals surface area contributed by atoms with Gasteiger partial charge in [-0.25, -0.2) is 9.80 Å². The van der Waals surface area contributed by atoms with E-state index in [4.69, 9.17) is 21.1 Å². The van der Waals surface area contributed by atoms with Gasteiger partial charge in [0.2, 0.25) is 0 Å². The normalized spacial score (nSPS) is 14.4. The predicted octanol–water partition coefficient (Wildman–Crippen LogP) is 4.42. The summed E-state index contributed by atoms with van der Waals surface area (Å²) in [6.45, 7) is 2.12. The lowest BCUT2D eigenvalue weighted by atomic mass is 10.1. The molecule has 3 aromatic rings. The number of para-hydroxylation sites is 1. The highest BCUT2D eigenvalue weighted by molar-refractivity contribution is 6.31. The number of rotatable bonds is 6. The summed E-state index contributed by atoms with van der Waals surface area (Å²) in [6, 6.07) is 19.9. The molecule has 33 heavy (non-hydrogen) atoms. The van der Waals surface area contributed by atoms with Gasteiger partial charge in [-0.2, -0.15) is 0 Å². The van der Waals surface area contributed by atoms with Gasteiger partial charge in [0.05, 0.1) is 17.9 Å². The Balaban J connectivity index is 1.59. The molecule has 0 unspecified atom stereocenters. The second-order valence-electron chi connectivity index (χ2n) is 7.01. The van der Waals surface area contributed by atoms with Crippen LogP contribution in [0.15, 0.2) is 78.4 Å². The average molecular weight is 463 g/mol. The molecular formula is C25H19ClN2O5. The molecule has 0 aliphatic carbocycles. The summed E-state index contributed by atoms with van der Waals surface area (Å²) in [5.74, 6) is -1.03. The molecule has 0 radical (unpaired) electrons. The van der Waals surface area contributed by atoms with E-state index in [0.29, 0.717) is 34.2 Å². The molecule has 1 aliphatic heterocycles. The Morgan fingerprint density at radius 1 is 1.00 bits per heavy atom. The quantitative estimate of drug-likeness (QED) is 0.254. The lowest BCUT2D eigenvalue weighted by Crippen LogP contribution is -2.35. The Labute approximate surface area is 195 Å². The van der Waals surface area contributed by atoms with E-state index in [9.17, 15) is 14.4 Å². The smallest absolute Gasteiger partial charge is 0.343 e. The number of nitrogens with one attached hydrogen (secondary N) is 1. The zero-order valence-corrected chi connectivity index (χ0v) is 18.3. The highest BCUT2D eigenvalue weighted by atomic mass is 35.5. The number of anilines is 1. The van der Waals surface area contributed by atoms with Crippen LogP contribution in [0.1, 0.15) is 22.8 Å². The molecule has 0 bridgehead atoms. The van der Waals surface area contributed by atoms with E-state index in [0.717, 1.165) is 0 Å². The Hall–Kier alpha value is -4.10. The molecule has 0 spiro atoms. The van der Waals surface area contributed by atoms with Crippen LogP contribution < -0.4 is 19.9 Å². The van der Waals surface area contributed by atoms with Gasteiger partial charge in [-0.15, -0.1) is 0 Å². The Morgan fingerprint density at radius 3 is 2.42 bits per heavy atom. The molecule has 3 aromatic carbocycles. The maximum Gasteiger partial charge on any atom is 0.343 e. The maximum atomic E-state index is 12.8. The number of hydrogen-bond donors (Lipinski definition) is 1. The Bertz CT molecular complexity index is 1240. The maximum absolute atomic E-state index is 12.8. The second-order valence-corrected chi connectivity index (χ2v) is 7.45. The van der Waals surface area contributed by atoms with Crippen molar-refractivity contribution in [3.8, 4) is 11.5 Å². The number of ether oxygens (including phenoxy) is 2. The van der Waals surface area contributed by atoms with Gasteiger partial charge in [0.15, 0.2) is 11.5 Å². The van der Waals surface area contributed by atoms with Crippen LogP contribution in [0.25, 0.3) is 6.08 Å². The van der Waals surface area contributed by atoms with Crippen molar-refractivity contribution < 1.29 is 23.9 Å². The fourth-order valence-corrected chi connectivity index (χ4v) is 3.32. The second kappa shape index (κ2) is 9.58. The molecule has 1 aliphatic rings. The van der Waals surface area contributed by atoms with Crippen molar-refractivity contribution in [2.24, 2.45) is 0 Å². The molecule has 4 rings (SSSR count). The minimum absolute atomic E-state index is 0.0211. The van der Waals surface area contributed by atoms with Crippen LogP contribution in [0.3, 0.4) is 0 Å². The van der Waals surface area contributed by atoms with Gasteiger partial charge in [0.25, 0.3) is 11.8 Å². The standard InChI is InChI=1S/C25H19ClN2O5/c1-2-32-22-15-16(8-13-21(22)33-25(31)17-9-11-18(26)12-10-17)14-20-23(29)27-28(24(20)30)19-6-4-3-5-7-19/h3-15H,2H2,1H3,(H,27,29)/b20-14-. The third-order valence-electron chi connectivity index (χ3n) is 4.77. The molecule has 1 heterocycles. The van der Waals surface area contributed by atoms with E-state index in [1.165, 1.54) is 11.1 Å². The topological polar surface area (TPSA) is 84.9 Å². The zero-order valence-electron chi connectivity index (χ0n) is 17.6. The van der Waals surface area contributed by atoms with E-state index >= 15 is 0 Å². The molecule has 0 atom stereocenters. The number of hydrogen-bond acceptors (Lipinski definition) is 5. The van der Waals surface area contributed by atoms with Crippen LogP contribution in [0.5, 0.6) is 11.5 Å². The van der Waals surface area contributed by atoms with Crippen LogP contribution in [-0.2, 0) is 9.59 Å². The van der Waals surface area contributed by atoms with Crippen molar-refractivity contribution in [3.05, 3.63) is 94.5 Å². The first-order chi connectivity index (χ1) is 16.0. The third kappa shape index (κ3) is 4.88. The van der Waals surface area contributed by atoms with Gasteiger partial charge in [-0.05, 0) is 67.1 Å². The molecule has 7 nitrogen and oxygen atoms in total. The third-order valence-corrected chi connectivity index (χ3v) is 5.02. The lowest BCUT2D eigenvalue weighted by Gasteiger charge is -2.14. The van der Waals surface area contributed by atoms with Crippen molar-refractivity contribution in [1.29, 1.82) is 0 Å². The summed E-state index contributed by atoms with van der Waals surface area (Å²) in [5, 5.41) is 1.70. The number of carbonyl (C=O) groups excluding carboxylic acids is 3. The van der Waals surface area contributed by atoms with Gasteiger partial charge >= 0.3 is 5.97 Å². The molecule has 8 heteroatoms. The number of nitrogens with zero attached hydrogens (tertiary/aromatic N) is 1. The van der Waals surface area contributed by atoms with Crippen molar-refractivity contribution in [3.63, 3.8) is 0 Å². The van der Waals surface area contributed by atoms with E-state index < -0.39 is 17.8 Å². The number of carbonyl (C=O) groups is 3. The molecule has 1 N–H and O–H groups in total. The Morgan fingerprint density at radius 2 is 1.73 bits per heavy atom. The number of esters is 1. The molecule has 0 aromatic heterocycles. The van der Waals surface area contributed by atoms with Crippen LogP contribution in [0.2, 0.25) is 5.02 Å². The van der Waals surface area contributed by atoms with Crippen LogP contribution in [0, 0.1) is 0 Å². The molecule has 166 valence electrons. The first-order valence-corrected chi connectivity index (χ1v) is 10.5. The number of hydrazine groups is 1. The Kier molecular flexibility index (Phi) is 6.42. The van der Waals surface area contributed by atoms with E-state index in [1.54, 1.807) is 73.7 Å². The van der Waals surface area contributed by atoms with Crippen LogP contribution in [-0.4, -0.2) is 24.4 Å². The molecule has 1 fully saturated rings. The number of amides is 2. The lowest BCUT2D eigenvalue weighted by molar-refractivity contribution is -0.117. The molecule has 1 saturated heterocycles. The summed E-state index contributed by atoms with van der Waals surface area (Å²) in [6.07, 6.45) is 1.47. The summed E-state index contributed by atoms with van der Waals surface area (Å²) in [4.78, 5) is 37.7. The zero-order chi connectivity index (χ0) is 23.4. The molecule has 0 saturated carbocycles. The van der Waals surface area contributed by atoms with E-state index in [1.807, 2.05) is 6.07 Å². The predicted molar refractivity (Wildman–Crippen MR) is 124 cm³/mol. The summed E-state index contributed by atoms with van der Waals surface area (Å²) < 4.78 is 11.1. The average Bonchev–Trinajstić information content (AvgIpc) is 3.10. The number of benzene rings is 3. The highest BCUT2D eigenvalue weighted by Gasteiger charge is 2.34. The SMILES string of the molecule is CCOc1cc(/C=C2/C(=O)NN(c3ccccc3)C2=O)ccc1OC(=O)c1ccc(Cl)cc1. The van der Waals surface area contributed by atoms with E-state index in [2.05, 4.69) is 5.43 Å². The summed E-state index contributed by atoms with van der Waals surface area (Å²) in [7, 11) is 0. The van der Waals surface area contributed by atoms with Gasteiger partial charge in [0.1, 0.15) is 5.57 Å². The van der Waals surface area contributed by atoms with Gasteiger partial charge in [-0.3, -0.25) is 15.0 Å². The summed E-state index contributed by atoms with van der Waals surface area (Å²) in [5.41, 5.74) is 3.96. The van der Waals surface area contributed by atoms with Crippen molar-refractivity contribution in [1.82, 2.24) is 5.43 Å². The summed E-state index contributed by atoms with van der Waals surface area (Å²) >= 11 is 5.86. The van der Waals surface area contributed by atoms with Crippen molar-refractivity contribution >= 4 is 41.1 Å². The molecular weight excluding hydrogens is 444 g/mol. The van der Waals surface area contributed by atoms with Gasteiger partial charge in [-0.1, -0.05) is 35.9 Å². The van der Waals surface area contributed by atoms with Crippen molar-refractivity contribution in [2.75, 3.05) is 11.6 Å². The first-order valence-electron chi connectivity index (χ1n) is 10.1. The van der Waals surface area contributed by atoms with Gasteiger partial charge in [0, 0.05) is 5.02 Å². The molecule has 2 amide bonds. The minimum atomic E-state index is -0.567. The fourth-order valence-electron chi connectivity index (χ4n) is 3.19. The minimum Gasteiger partial charge on any atom is -0.490 e. The fraction of sp³-hybridized carbons (Fsp3) is 0.0800. The first kappa shape index (κ1) is 22.1. The van der Waals surface area contributed by atoms with Crippen LogP contribution >= 0.6 is 11.6 Å². The van der Waals surface area contributed by atoms with E-state index in [-0.39, 0.29) is 11.3 Å². The van der Waals surface area contributed by atoms with Crippen molar-refractivity contribution in [2.45, 2.75) is 6.92 Å². The monoisotopic (exact) mass is 462 g/mol. The highest BCUT2D eigenvalue weighted by Crippen LogP contribution is 2.31.